The zero-order chi connectivity index (χ0) is 2.71. The van der Waals surface area contributed by atoms with E-state index in [2.05, 4.69) is 0 Å². The Morgan fingerprint density at radius 2 is 1.00 bits per heavy atom. The van der Waals surface area contributed by atoms with Crippen molar-refractivity contribution in [2.24, 2.45) is 0 Å². The molecule has 0 saturated heterocycles. The summed E-state index contributed by atoms with van der Waals surface area (Å²) in [6, 6.07) is 0. The number of hydrogen-bond donors (Lipinski definition) is 0. The summed E-state index contributed by atoms with van der Waals surface area (Å²) < 4.78 is 16.8. The van der Waals surface area contributed by atoms with E-state index in [1.807, 2.05) is 0 Å². The van der Waals surface area contributed by atoms with E-state index in [9.17, 15) is 0 Å². The summed E-state index contributed by atoms with van der Waals surface area (Å²) >= 11 is -1.25. The van der Waals surface area contributed by atoms with E-state index in [0.29, 0.717) is 0 Å². The van der Waals surface area contributed by atoms with Crippen LogP contribution >= 0.6 is 24.8 Å². The van der Waals surface area contributed by atoms with Gasteiger partial charge in [0.1, 0.15) is 0 Å². The van der Waals surface area contributed by atoms with Gasteiger partial charge in [0.15, 0.2) is 0 Å². The zero-order valence-corrected chi connectivity index (χ0v) is 4.72. The number of rotatable bonds is 0. The fourth-order valence-corrected chi connectivity index (χ4v) is 0. The van der Waals surface area contributed by atoms with Crippen LogP contribution < -0.4 is 0 Å². The first kappa shape index (κ1) is 17.3. The van der Waals surface area contributed by atoms with Crippen LogP contribution in [0.25, 0.3) is 0 Å². The van der Waals surface area contributed by atoms with E-state index in [1.54, 1.807) is 0 Å². The normalized spacial score (nSPS) is 3.20. The fraction of sp³-hybridized carbons (Fsp3) is 0. The minimum atomic E-state index is -1.25. The topological polar surface area (TPSA) is 34.1 Å². The van der Waals surface area contributed by atoms with E-state index in [4.69, 9.17) is 7.67 Å². The first-order valence-corrected chi connectivity index (χ1v) is 1.19. The maximum absolute atomic E-state index is 8.38. The Kier molecular flexibility index (Phi) is 76.9. The van der Waals surface area contributed by atoms with Crippen LogP contribution in [-0.4, -0.2) is 0 Å². The molecule has 0 spiro atoms. The average Bonchev–Trinajstić information content (AvgIpc) is 0.918. The molecule has 36 valence electrons. The van der Waals surface area contributed by atoms with Gasteiger partial charge >= 0.3 is 22.5 Å². The van der Waals surface area contributed by atoms with Gasteiger partial charge in [0.25, 0.3) is 0 Å². The first-order chi connectivity index (χ1) is 1.41. The molecular formula is H2Cl2FeO2. The molecule has 5 heteroatoms. The molecule has 0 rings (SSSR count). The summed E-state index contributed by atoms with van der Waals surface area (Å²) in [7, 11) is 0. The van der Waals surface area contributed by atoms with Crippen molar-refractivity contribution in [3.8, 4) is 0 Å². The van der Waals surface area contributed by atoms with Crippen LogP contribution in [0.3, 0.4) is 0 Å². The molecule has 0 aromatic heterocycles. The predicted octanol–water partition coefficient (Wildman–Crippen LogP) is 0.603. The summed E-state index contributed by atoms with van der Waals surface area (Å²) in [4.78, 5) is 0. The Morgan fingerprint density at radius 3 is 1.00 bits per heavy atom. The quantitative estimate of drug-likeness (QED) is 0.487. The van der Waals surface area contributed by atoms with Crippen molar-refractivity contribution in [3.05, 3.63) is 0 Å². The molecule has 0 aromatic carbocycles. The van der Waals surface area contributed by atoms with Gasteiger partial charge in [0, 0.05) is 0 Å². The molecule has 0 bridgehead atoms. The van der Waals surface area contributed by atoms with Gasteiger partial charge in [0.2, 0.25) is 0 Å². The van der Waals surface area contributed by atoms with Gasteiger partial charge in [-0.05, 0) is 0 Å². The van der Waals surface area contributed by atoms with Gasteiger partial charge in [-0.15, -0.1) is 24.8 Å². The van der Waals surface area contributed by atoms with Crippen LogP contribution in [0, 0.1) is 0 Å². The van der Waals surface area contributed by atoms with Crippen molar-refractivity contribution in [1.29, 1.82) is 0 Å². The zero-order valence-electron chi connectivity index (χ0n) is 1.99. The maximum atomic E-state index is 8.38. The molecule has 5 heavy (non-hydrogen) atoms. The molecule has 0 unspecified atom stereocenters. The Hall–Kier alpha value is 0.699. The molecule has 0 N–H and O–H groups in total. The van der Waals surface area contributed by atoms with E-state index in [1.165, 1.54) is 0 Å². The molecule has 0 saturated carbocycles. The summed E-state index contributed by atoms with van der Waals surface area (Å²) in [5.41, 5.74) is 0. The second kappa shape index (κ2) is 22.3. The molecular weight excluding hydrogens is 159 g/mol. The Morgan fingerprint density at radius 1 is 1.00 bits per heavy atom. The minimum absolute atomic E-state index is 0. The van der Waals surface area contributed by atoms with E-state index >= 15 is 0 Å². The van der Waals surface area contributed by atoms with Crippen LogP contribution in [0.4, 0.5) is 0 Å². The van der Waals surface area contributed by atoms with Gasteiger partial charge in [-0.25, -0.2) is 0 Å². The van der Waals surface area contributed by atoms with Gasteiger partial charge in [-0.2, -0.15) is 0 Å². The molecule has 0 aliphatic heterocycles. The van der Waals surface area contributed by atoms with Crippen molar-refractivity contribution in [2.45, 2.75) is 0 Å². The van der Waals surface area contributed by atoms with Crippen molar-refractivity contribution in [3.63, 3.8) is 0 Å². The molecule has 0 atom stereocenters. The van der Waals surface area contributed by atoms with Gasteiger partial charge in [-0.3, -0.25) is 0 Å². The molecule has 0 aromatic rings. The van der Waals surface area contributed by atoms with E-state index in [-0.39, 0.29) is 24.8 Å². The standard InChI is InChI=1S/2ClH.Fe.2O/h2*1H;;;. The van der Waals surface area contributed by atoms with Crippen LogP contribution in [0.1, 0.15) is 0 Å². The van der Waals surface area contributed by atoms with Gasteiger partial charge in [0.05, 0.1) is 0 Å². The van der Waals surface area contributed by atoms with Crippen molar-refractivity contribution < 1.29 is 22.5 Å². The molecule has 0 amide bonds. The summed E-state index contributed by atoms with van der Waals surface area (Å²) in [6.45, 7) is 0. The molecule has 0 aliphatic carbocycles. The van der Waals surface area contributed by atoms with E-state index in [0.717, 1.165) is 0 Å². The van der Waals surface area contributed by atoms with Crippen LogP contribution in [0.2, 0.25) is 0 Å². The van der Waals surface area contributed by atoms with Crippen molar-refractivity contribution in [1.82, 2.24) is 0 Å². The van der Waals surface area contributed by atoms with Gasteiger partial charge < -0.3 is 0 Å². The average molecular weight is 161 g/mol. The Labute approximate surface area is 47.7 Å². The number of hydrogen-bond acceptors (Lipinski definition) is 2. The Balaban J connectivity index is -0.0000000200. The molecule has 0 aliphatic rings. The monoisotopic (exact) mass is 160 g/mol. The van der Waals surface area contributed by atoms with E-state index < -0.39 is 14.8 Å². The van der Waals surface area contributed by atoms with Crippen LogP contribution in [-0.2, 0) is 22.5 Å². The third kappa shape index (κ3) is 70.0. The van der Waals surface area contributed by atoms with Gasteiger partial charge in [-0.1, -0.05) is 0 Å². The second-order valence-electron chi connectivity index (χ2n) is 0.0589. The third-order valence-electron chi connectivity index (χ3n) is 0. The van der Waals surface area contributed by atoms with Crippen molar-refractivity contribution >= 4 is 24.8 Å². The van der Waals surface area contributed by atoms with Crippen LogP contribution in [0.5, 0.6) is 0 Å². The van der Waals surface area contributed by atoms with Crippen LogP contribution in [0.15, 0.2) is 0 Å². The first-order valence-electron chi connectivity index (χ1n) is 0.289. The number of halogens is 2. The summed E-state index contributed by atoms with van der Waals surface area (Å²) in [6.07, 6.45) is 0. The fourth-order valence-electron chi connectivity index (χ4n) is 0. The molecule has 0 radical (unpaired) electrons. The Bertz CT molecular complexity index is 28.6. The SMILES string of the molecule is Cl.Cl.[O]=[Fe]=[O]. The predicted molar refractivity (Wildman–Crippen MR) is 15.9 cm³/mol. The third-order valence-corrected chi connectivity index (χ3v) is 0. The summed E-state index contributed by atoms with van der Waals surface area (Å²) in [5.74, 6) is 0. The second-order valence-corrected chi connectivity index (χ2v) is 0.243. The van der Waals surface area contributed by atoms with Crippen molar-refractivity contribution in [2.75, 3.05) is 0 Å². The molecule has 0 heterocycles. The summed E-state index contributed by atoms with van der Waals surface area (Å²) in [5, 5.41) is 0. The molecule has 0 fully saturated rings. The molecule has 2 nitrogen and oxygen atoms in total.